The maximum Gasteiger partial charge on any atom is 0.336 e. The SMILES string of the molecule is CC(NS(=O)(=O)c1ccc(I)c(C(=O)O)c1)C(=O)N(C)C. The van der Waals surface area contributed by atoms with Crippen LogP contribution >= 0.6 is 22.6 Å². The second-order valence-corrected chi connectivity index (χ2v) is 7.40. The highest BCUT2D eigenvalue weighted by Gasteiger charge is 2.24. The first kappa shape index (κ1) is 17.9. The molecule has 1 atom stereocenters. The van der Waals surface area contributed by atoms with E-state index in [0.717, 1.165) is 6.07 Å². The number of likely N-dealkylation sites (N-methyl/N-ethyl adjacent to an activating group) is 1. The van der Waals surface area contributed by atoms with Crippen LogP contribution < -0.4 is 4.72 Å². The molecule has 1 aromatic carbocycles. The monoisotopic (exact) mass is 426 g/mol. The number of amides is 1. The highest BCUT2D eigenvalue weighted by molar-refractivity contribution is 14.1. The number of sulfonamides is 1. The first-order valence-electron chi connectivity index (χ1n) is 5.82. The number of hydrogen-bond acceptors (Lipinski definition) is 4. The first-order valence-corrected chi connectivity index (χ1v) is 8.39. The van der Waals surface area contributed by atoms with Crippen molar-refractivity contribution in [2.24, 2.45) is 0 Å². The molecule has 0 spiro atoms. The number of hydrogen-bond donors (Lipinski definition) is 2. The maximum absolute atomic E-state index is 12.2. The predicted molar refractivity (Wildman–Crippen MR) is 84.6 cm³/mol. The summed E-state index contributed by atoms with van der Waals surface area (Å²) < 4.78 is 27.0. The number of carboxylic acid groups (broad SMARTS) is 1. The van der Waals surface area contributed by atoms with Gasteiger partial charge in [0.25, 0.3) is 0 Å². The Hall–Kier alpha value is -1.20. The molecular formula is C12H15IN2O5S. The van der Waals surface area contributed by atoms with Crippen LogP contribution in [0.1, 0.15) is 17.3 Å². The summed E-state index contributed by atoms with van der Waals surface area (Å²) in [5.41, 5.74) is -0.106. The van der Waals surface area contributed by atoms with Crippen molar-refractivity contribution in [3.05, 3.63) is 27.3 Å². The van der Waals surface area contributed by atoms with Crippen molar-refractivity contribution in [1.82, 2.24) is 9.62 Å². The Labute approximate surface area is 136 Å². The van der Waals surface area contributed by atoms with Gasteiger partial charge in [0, 0.05) is 17.7 Å². The smallest absolute Gasteiger partial charge is 0.336 e. The molecule has 0 bridgehead atoms. The number of carbonyl (C=O) groups excluding carboxylic acids is 1. The molecule has 0 aliphatic rings. The van der Waals surface area contributed by atoms with E-state index in [1.807, 2.05) is 22.6 Å². The molecule has 0 aliphatic carbocycles. The molecule has 1 unspecified atom stereocenters. The van der Waals surface area contributed by atoms with E-state index in [0.29, 0.717) is 3.57 Å². The molecule has 9 heteroatoms. The third-order valence-electron chi connectivity index (χ3n) is 2.62. The summed E-state index contributed by atoms with van der Waals surface area (Å²) >= 11 is 1.81. The lowest BCUT2D eigenvalue weighted by Crippen LogP contribution is -2.44. The lowest BCUT2D eigenvalue weighted by molar-refractivity contribution is -0.130. The minimum absolute atomic E-state index is 0.106. The molecule has 0 aromatic heterocycles. The third-order valence-corrected chi connectivity index (χ3v) is 5.10. The number of carbonyl (C=O) groups is 2. The van der Waals surface area contributed by atoms with Crippen LogP contribution in [0.3, 0.4) is 0 Å². The average molecular weight is 426 g/mol. The summed E-state index contributed by atoms with van der Waals surface area (Å²) in [6.07, 6.45) is 0. The number of benzene rings is 1. The van der Waals surface area contributed by atoms with E-state index < -0.39 is 27.9 Å². The number of aromatic carboxylic acids is 1. The normalized spacial score (nSPS) is 12.8. The van der Waals surface area contributed by atoms with Gasteiger partial charge in [-0.1, -0.05) is 0 Å². The predicted octanol–water partition coefficient (Wildman–Crippen LogP) is 0.744. The highest BCUT2D eigenvalue weighted by atomic mass is 127. The Morgan fingerprint density at radius 3 is 2.38 bits per heavy atom. The van der Waals surface area contributed by atoms with E-state index >= 15 is 0 Å². The van der Waals surface area contributed by atoms with Gasteiger partial charge < -0.3 is 10.0 Å². The minimum atomic E-state index is -3.98. The topological polar surface area (TPSA) is 104 Å². The van der Waals surface area contributed by atoms with Gasteiger partial charge >= 0.3 is 5.97 Å². The fourth-order valence-corrected chi connectivity index (χ4v) is 3.36. The first-order chi connectivity index (χ1) is 9.56. The Morgan fingerprint density at radius 2 is 1.90 bits per heavy atom. The van der Waals surface area contributed by atoms with Crippen LogP contribution in [-0.4, -0.2) is 50.4 Å². The molecule has 1 aromatic rings. The van der Waals surface area contributed by atoms with Crippen molar-refractivity contribution in [3.63, 3.8) is 0 Å². The van der Waals surface area contributed by atoms with Crippen LogP contribution in [0.4, 0.5) is 0 Å². The van der Waals surface area contributed by atoms with E-state index in [2.05, 4.69) is 4.72 Å². The maximum atomic E-state index is 12.2. The van der Waals surface area contributed by atoms with Gasteiger partial charge in [-0.05, 0) is 47.7 Å². The van der Waals surface area contributed by atoms with E-state index in [4.69, 9.17) is 5.11 Å². The molecule has 1 amide bonds. The third kappa shape index (κ3) is 4.38. The van der Waals surface area contributed by atoms with Crippen molar-refractivity contribution < 1.29 is 23.1 Å². The van der Waals surface area contributed by atoms with Crippen LogP contribution in [0.25, 0.3) is 0 Å². The van der Waals surface area contributed by atoms with Crippen molar-refractivity contribution in [3.8, 4) is 0 Å². The van der Waals surface area contributed by atoms with Crippen molar-refractivity contribution in [2.45, 2.75) is 17.9 Å². The van der Waals surface area contributed by atoms with Crippen LogP contribution in [0, 0.1) is 3.57 Å². The summed E-state index contributed by atoms with van der Waals surface area (Å²) in [5, 5.41) is 9.02. The molecule has 0 radical (unpaired) electrons. The Kier molecular flexibility index (Phi) is 5.70. The average Bonchev–Trinajstić information content (AvgIpc) is 2.36. The molecule has 0 heterocycles. The Bertz CT molecular complexity index is 672. The van der Waals surface area contributed by atoms with Crippen LogP contribution in [0.2, 0.25) is 0 Å². The number of carboxylic acids is 1. The van der Waals surface area contributed by atoms with Crippen LogP contribution in [0.5, 0.6) is 0 Å². The fraction of sp³-hybridized carbons (Fsp3) is 0.333. The van der Waals surface area contributed by atoms with Crippen LogP contribution in [-0.2, 0) is 14.8 Å². The molecule has 1 rings (SSSR count). The molecule has 2 N–H and O–H groups in total. The number of halogens is 1. The summed E-state index contributed by atoms with van der Waals surface area (Å²) in [4.78, 5) is 23.8. The lowest BCUT2D eigenvalue weighted by Gasteiger charge is -2.18. The molecule has 0 aliphatic heterocycles. The van der Waals surface area contributed by atoms with E-state index in [9.17, 15) is 18.0 Å². The molecular weight excluding hydrogens is 411 g/mol. The second-order valence-electron chi connectivity index (χ2n) is 4.52. The molecule has 0 fully saturated rings. The van der Waals surface area contributed by atoms with Gasteiger partial charge in [0.15, 0.2) is 0 Å². The summed E-state index contributed by atoms with van der Waals surface area (Å²) in [7, 11) is -0.946. The van der Waals surface area contributed by atoms with E-state index in [1.54, 1.807) is 0 Å². The largest absolute Gasteiger partial charge is 0.478 e. The van der Waals surface area contributed by atoms with Gasteiger partial charge in [-0.25, -0.2) is 13.2 Å². The number of nitrogens with zero attached hydrogens (tertiary/aromatic N) is 1. The van der Waals surface area contributed by atoms with Crippen LogP contribution in [0.15, 0.2) is 23.1 Å². The van der Waals surface area contributed by atoms with Gasteiger partial charge in [0.1, 0.15) is 0 Å². The Balaban J connectivity index is 3.12. The molecule has 7 nitrogen and oxygen atoms in total. The van der Waals surface area contributed by atoms with Crippen molar-refractivity contribution in [2.75, 3.05) is 14.1 Å². The van der Waals surface area contributed by atoms with Gasteiger partial charge in [-0.2, -0.15) is 4.72 Å². The van der Waals surface area contributed by atoms with Gasteiger partial charge in [-0.15, -0.1) is 0 Å². The standard InChI is InChI=1S/C12H15IN2O5S/c1-7(11(16)15(2)3)14-21(19,20)8-4-5-10(13)9(6-8)12(17)18/h4-7,14H,1-3H3,(H,17,18). The number of nitrogens with one attached hydrogen (secondary N) is 1. The zero-order valence-corrected chi connectivity index (χ0v) is 14.6. The zero-order valence-electron chi connectivity index (χ0n) is 11.6. The minimum Gasteiger partial charge on any atom is -0.478 e. The Morgan fingerprint density at radius 1 is 1.33 bits per heavy atom. The molecule has 116 valence electrons. The van der Waals surface area contributed by atoms with Gasteiger partial charge in [0.2, 0.25) is 15.9 Å². The van der Waals surface area contributed by atoms with Crippen molar-refractivity contribution >= 4 is 44.5 Å². The number of rotatable bonds is 5. The highest BCUT2D eigenvalue weighted by Crippen LogP contribution is 2.18. The van der Waals surface area contributed by atoms with E-state index in [-0.39, 0.29) is 10.5 Å². The zero-order chi connectivity index (χ0) is 16.4. The molecule has 21 heavy (non-hydrogen) atoms. The summed E-state index contributed by atoms with van der Waals surface area (Å²) in [6, 6.07) is 2.82. The molecule has 0 saturated heterocycles. The van der Waals surface area contributed by atoms with Gasteiger partial charge in [-0.3, -0.25) is 4.79 Å². The second kappa shape index (κ2) is 6.71. The summed E-state index contributed by atoms with van der Waals surface area (Å²) in [6.45, 7) is 1.42. The summed E-state index contributed by atoms with van der Waals surface area (Å²) in [5.74, 6) is -1.61. The fourth-order valence-electron chi connectivity index (χ4n) is 1.57. The quantitative estimate of drug-likeness (QED) is 0.677. The molecule has 0 saturated carbocycles. The van der Waals surface area contributed by atoms with Gasteiger partial charge in [0.05, 0.1) is 16.5 Å². The van der Waals surface area contributed by atoms with Crippen molar-refractivity contribution in [1.29, 1.82) is 0 Å². The van der Waals surface area contributed by atoms with E-state index in [1.165, 1.54) is 38.1 Å². The lowest BCUT2D eigenvalue weighted by atomic mass is 10.2.